The van der Waals surface area contributed by atoms with Gasteiger partial charge in [-0.2, -0.15) is 0 Å². The summed E-state index contributed by atoms with van der Waals surface area (Å²) in [6, 6.07) is 11.3. The lowest BCUT2D eigenvalue weighted by Gasteiger charge is -2.33. The predicted octanol–water partition coefficient (Wildman–Crippen LogP) is 3.38. The van der Waals surface area contributed by atoms with Gasteiger partial charge in [0.1, 0.15) is 11.2 Å². The Labute approximate surface area is 148 Å². The normalized spacial score (nSPS) is 11.4. The summed E-state index contributed by atoms with van der Waals surface area (Å²) < 4.78 is 4.94. The quantitative estimate of drug-likeness (QED) is 0.816. The SMILES string of the molecule is Cc1cc(NC(=O)C(C)(C)C(=O)N(Cc2ccccc2)C(C)C)no1. The van der Waals surface area contributed by atoms with Crippen molar-refractivity contribution >= 4 is 17.6 Å². The average Bonchev–Trinajstić information content (AvgIpc) is 2.97. The molecule has 0 radical (unpaired) electrons. The molecule has 2 aromatic rings. The number of carbonyl (C=O) groups is 2. The Bertz CT molecular complexity index is 735. The van der Waals surface area contributed by atoms with Gasteiger partial charge in [-0.25, -0.2) is 0 Å². The van der Waals surface area contributed by atoms with E-state index in [1.165, 1.54) is 0 Å². The molecule has 0 fully saturated rings. The fraction of sp³-hybridized carbons (Fsp3) is 0.421. The summed E-state index contributed by atoms with van der Waals surface area (Å²) in [5, 5.41) is 6.39. The number of amides is 2. The summed E-state index contributed by atoms with van der Waals surface area (Å²) in [5.41, 5.74) is -0.209. The van der Waals surface area contributed by atoms with Crippen LogP contribution in [0.4, 0.5) is 5.82 Å². The van der Waals surface area contributed by atoms with Crippen LogP contribution in [0.25, 0.3) is 0 Å². The number of benzene rings is 1. The predicted molar refractivity (Wildman–Crippen MR) is 95.8 cm³/mol. The van der Waals surface area contributed by atoms with Gasteiger partial charge in [0.2, 0.25) is 11.8 Å². The van der Waals surface area contributed by atoms with Crippen LogP contribution >= 0.6 is 0 Å². The lowest BCUT2D eigenvalue weighted by atomic mass is 9.89. The molecule has 1 aromatic carbocycles. The molecule has 6 nitrogen and oxygen atoms in total. The van der Waals surface area contributed by atoms with Crippen molar-refractivity contribution < 1.29 is 14.1 Å². The number of hydrogen-bond donors (Lipinski definition) is 1. The van der Waals surface area contributed by atoms with Crippen molar-refractivity contribution in [3.8, 4) is 0 Å². The molecule has 1 heterocycles. The minimum Gasteiger partial charge on any atom is -0.360 e. The van der Waals surface area contributed by atoms with Gasteiger partial charge < -0.3 is 14.7 Å². The number of nitrogens with zero attached hydrogens (tertiary/aromatic N) is 2. The molecule has 0 aliphatic heterocycles. The van der Waals surface area contributed by atoms with Crippen molar-refractivity contribution in [1.29, 1.82) is 0 Å². The molecule has 2 amide bonds. The molecule has 1 aromatic heterocycles. The van der Waals surface area contributed by atoms with Crippen LogP contribution < -0.4 is 5.32 Å². The number of nitrogens with one attached hydrogen (secondary N) is 1. The zero-order valence-corrected chi connectivity index (χ0v) is 15.4. The van der Waals surface area contributed by atoms with Crippen molar-refractivity contribution in [3.63, 3.8) is 0 Å². The Kier molecular flexibility index (Phi) is 5.62. The lowest BCUT2D eigenvalue weighted by molar-refractivity contribution is -0.148. The van der Waals surface area contributed by atoms with Crippen molar-refractivity contribution in [2.75, 3.05) is 5.32 Å². The molecular weight excluding hydrogens is 318 g/mol. The zero-order valence-electron chi connectivity index (χ0n) is 15.4. The number of rotatable bonds is 6. The maximum absolute atomic E-state index is 13.1. The molecule has 0 spiro atoms. The second-order valence-electron chi connectivity index (χ2n) is 6.91. The Morgan fingerprint density at radius 1 is 1.24 bits per heavy atom. The Morgan fingerprint density at radius 3 is 2.40 bits per heavy atom. The highest BCUT2D eigenvalue weighted by atomic mass is 16.5. The van der Waals surface area contributed by atoms with Gasteiger partial charge in [-0.1, -0.05) is 35.5 Å². The van der Waals surface area contributed by atoms with Gasteiger partial charge in [-0.3, -0.25) is 9.59 Å². The maximum atomic E-state index is 13.1. The van der Waals surface area contributed by atoms with Crippen molar-refractivity contribution in [1.82, 2.24) is 10.1 Å². The van der Waals surface area contributed by atoms with Gasteiger partial charge in [0.15, 0.2) is 5.82 Å². The first-order valence-electron chi connectivity index (χ1n) is 8.31. The van der Waals surface area contributed by atoms with E-state index in [-0.39, 0.29) is 11.9 Å². The van der Waals surface area contributed by atoms with Crippen LogP contribution in [-0.4, -0.2) is 27.9 Å². The molecule has 0 aliphatic carbocycles. The lowest BCUT2D eigenvalue weighted by Crippen LogP contribution is -2.49. The van der Waals surface area contributed by atoms with Crippen molar-refractivity contribution in [2.24, 2.45) is 5.41 Å². The Morgan fingerprint density at radius 2 is 1.88 bits per heavy atom. The first kappa shape index (κ1) is 18.7. The van der Waals surface area contributed by atoms with E-state index in [0.29, 0.717) is 18.1 Å². The van der Waals surface area contributed by atoms with E-state index in [2.05, 4.69) is 10.5 Å². The monoisotopic (exact) mass is 343 g/mol. The highest BCUT2D eigenvalue weighted by Crippen LogP contribution is 2.24. The van der Waals surface area contributed by atoms with E-state index in [9.17, 15) is 9.59 Å². The molecule has 1 N–H and O–H groups in total. The van der Waals surface area contributed by atoms with Crippen LogP contribution in [0.3, 0.4) is 0 Å². The molecule has 0 saturated heterocycles. The fourth-order valence-electron chi connectivity index (χ4n) is 2.42. The van der Waals surface area contributed by atoms with E-state index < -0.39 is 11.3 Å². The standard InChI is InChI=1S/C19H25N3O3/c1-13(2)22(12-15-9-7-6-8-10-15)18(24)19(4,5)17(23)20-16-11-14(3)25-21-16/h6-11,13H,12H2,1-5H3,(H,20,21,23). The summed E-state index contributed by atoms with van der Waals surface area (Å²) in [6.07, 6.45) is 0. The van der Waals surface area contributed by atoms with E-state index in [1.807, 2.05) is 44.2 Å². The van der Waals surface area contributed by atoms with Crippen LogP contribution in [0, 0.1) is 12.3 Å². The molecule has 0 unspecified atom stereocenters. The van der Waals surface area contributed by atoms with Gasteiger partial charge in [0.25, 0.3) is 0 Å². The number of aryl methyl sites for hydroxylation is 1. The van der Waals surface area contributed by atoms with Crippen LogP contribution in [-0.2, 0) is 16.1 Å². The molecule has 0 aliphatic rings. The fourth-order valence-corrected chi connectivity index (χ4v) is 2.42. The van der Waals surface area contributed by atoms with Crippen molar-refractivity contribution in [2.45, 2.75) is 47.2 Å². The van der Waals surface area contributed by atoms with Crippen LogP contribution in [0.1, 0.15) is 39.0 Å². The van der Waals surface area contributed by atoms with E-state index in [1.54, 1.807) is 31.7 Å². The van der Waals surface area contributed by atoms with Crippen LogP contribution in [0.2, 0.25) is 0 Å². The third kappa shape index (κ3) is 4.47. The zero-order chi connectivity index (χ0) is 18.6. The molecule has 2 rings (SSSR count). The van der Waals surface area contributed by atoms with E-state index in [4.69, 9.17) is 4.52 Å². The molecule has 25 heavy (non-hydrogen) atoms. The van der Waals surface area contributed by atoms with Gasteiger partial charge in [-0.15, -0.1) is 0 Å². The van der Waals surface area contributed by atoms with Crippen LogP contribution in [0.5, 0.6) is 0 Å². The maximum Gasteiger partial charge on any atom is 0.240 e. The molecule has 134 valence electrons. The highest BCUT2D eigenvalue weighted by molar-refractivity contribution is 6.09. The third-order valence-electron chi connectivity index (χ3n) is 4.05. The van der Waals surface area contributed by atoms with Crippen LogP contribution in [0.15, 0.2) is 40.9 Å². The molecule has 6 heteroatoms. The van der Waals surface area contributed by atoms with Crippen molar-refractivity contribution in [3.05, 3.63) is 47.7 Å². The summed E-state index contributed by atoms with van der Waals surface area (Å²) in [5.74, 6) is 0.253. The first-order chi connectivity index (χ1) is 11.7. The molecule has 0 atom stereocenters. The molecule has 0 bridgehead atoms. The van der Waals surface area contributed by atoms with E-state index >= 15 is 0 Å². The van der Waals surface area contributed by atoms with Gasteiger partial charge in [0.05, 0.1) is 0 Å². The summed E-state index contributed by atoms with van der Waals surface area (Å²) in [6.45, 7) is 9.32. The first-order valence-corrected chi connectivity index (χ1v) is 8.31. The second kappa shape index (κ2) is 7.51. The van der Waals surface area contributed by atoms with Gasteiger partial charge >= 0.3 is 0 Å². The topological polar surface area (TPSA) is 75.4 Å². The van der Waals surface area contributed by atoms with Gasteiger partial charge in [0, 0.05) is 18.7 Å². The summed E-state index contributed by atoms with van der Waals surface area (Å²) >= 11 is 0. The number of hydrogen-bond acceptors (Lipinski definition) is 4. The Hall–Kier alpha value is -2.63. The number of carbonyl (C=O) groups excluding carboxylic acids is 2. The Balaban J connectivity index is 2.16. The molecule has 0 saturated carbocycles. The minimum absolute atomic E-state index is 0.0333. The third-order valence-corrected chi connectivity index (χ3v) is 4.05. The smallest absolute Gasteiger partial charge is 0.240 e. The summed E-state index contributed by atoms with van der Waals surface area (Å²) in [7, 11) is 0. The minimum atomic E-state index is -1.23. The summed E-state index contributed by atoms with van der Waals surface area (Å²) in [4.78, 5) is 27.4. The van der Waals surface area contributed by atoms with E-state index in [0.717, 1.165) is 5.56 Å². The largest absolute Gasteiger partial charge is 0.360 e. The van der Waals surface area contributed by atoms with Gasteiger partial charge in [-0.05, 0) is 40.2 Å². The second-order valence-corrected chi connectivity index (χ2v) is 6.91. The highest BCUT2D eigenvalue weighted by Gasteiger charge is 2.40. The molecular formula is C19H25N3O3. The number of anilines is 1. The number of aromatic nitrogens is 1. The average molecular weight is 343 g/mol.